The van der Waals surface area contributed by atoms with Gasteiger partial charge in [-0.2, -0.15) is 0 Å². The largest absolute Gasteiger partial charge is 0.308 e. The van der Waals surface area contributed by atoms with Crippen molar-refractivity contribution in [2.24, 2.45) is 0 Å². The summed E-state index contributed by atoms with van der Waals surface area (Å²) >= 11 is 0. The Morgan fingerprint density at radius 3 is 2.67 bits per heavy atom. The monoisotopic (exact) mass is 308 g/mol. The third-order valence-electron chi connectivity index (χ3n) is 4.74. The Bertz CT molecular complexity index is 479. The smallest absolute Gasteiger partial charge is 0.0474 e. The van der Waals surface area contributed by atoms with Gasteiger partial charge in [0.1, 0.15) is 0 Å². The lowest BCUT2D eigenvalue weighted by molar-refractivity contribution is 0.0852. The van der Waals surface area contributed by atoms with Crippen molar-refractivity contribution < 1.29 is 4.21 Å². The highest BCUT2D eigenvalue weighted by atomic mass is 32.2. The molecule has 0 saturated carbocycles. The van der Waals surface area contributed by atoms with Gasteiger partial charge in [0.05, 0.1) is 0 Å². The zero-order valence-electron chi connectivity index (χ0n) is 13.6. The van der Waals surface area contributed by atoms with Crippen LogP contribution in [0.2, 0.25) is 0 Å². The van der Waals surface area contributed by atoms with Crippen molar-refractivity contribution in [1.29, 1.82) is 0 Å². The van der Waals surface area contributed by atoms with E-state index in [9.17, 15) is 4.21 Å². The van der Waals surface area contributed by atoms with Gasteiger partial charge in [0, 0.05) is 53.5 Å². The molecule has 1 saturated heterocycles. The molecular formula is C17H28N2OS. The summed E-state index contributed by atoms with van der Waals surface area (Å²) in [4.78, 5) is 2.52. The Hall–Kier alpha value is -0.710. The van der Waals surface area contributed by atoms with Gasteiger partial charge in [-0.25, -0.2) is 0 Å². The molecule has 3 nitrogen and oxygen atoms in total. The highest BCUT2D eigenvalue weighted by molar-refractivity contribution is 7.84. The predicted molar refractivity (Wildman–Crippen MR) is 91.0 cm³/mol. The molecule has 2 rings (SSSR count). The van der Waals surface area contributed by atoms with Gasteiger partial charge < -0.3 is 5.32 Å². The molecule has 1 aliphatic rings. The van der Waals surface area contributed by atoms with Crippen molar-refractivity contribution in [3.05, 3.63) is 35.9 Å². The summed E-state index contributed by atoms with van der Waals surface area (Å²) in [6.45, 7) is 9.45. The second kappa shape index (κ2) is 7.03. The lowest BCUT2D eigenvalue weighted by atomic mass is 9.91. The zero-order valence-corrected chi connectivity index (χ0v) is 14.5. The maximum atomic E-state index is 11.8. The number of nitrogens with one attached hydrogen (secondary N) is 1. The SMILES string of the molecule is CCC1(C)CN(CC(C)S(C)=O)C(c2ccccc2)CN1. The number of benzene rings is 1. The molecule has 0 bridgehead atoms. The van der Waals surface area contributed by atoms with Crippen LogP contribution in [0.1, 0.15) is 38.8 Å². The first-order valence-corrected chi connectivity index (χ1v) is 9.43. The van der Waals surface area contributed by atoms with E-state index >= 15 is 0 Å². The Kier molecular flexibility index (Phi) is 5.58. The summed E-state index contributed by atoms with van der Waals surface area (Å²) in [6.07, 6.45) is 2.91. The van der Waals surface area contributed by atoms with Crippen LogP contribution in [0.15, 0.2) is 30.3 Å². The lowest BCUT2D eigenvalue weighted by Gasteiger charge is -2.47. The minimum atomic E-state index is -0.772. The standard InChI is InChI=1S/C17H28N2OS/c1-5-17(3)13-19(12-14(2)21(4)20)16(11-18-17)15-9-7-6-8-10-15/h6-10,14,16,18H,5,11-13H2,1-4H3. The Morgan fingerprint density at radius 1 is 1.43 bits per heavy atom. The Morgan fingerprint density at radius 2 is 2.10 bits per heavy atom. The van der Waals surface area contributed by atoms with Gasteiger partial charge in [0.25, 0.3) is 0 Å². The molecule has 4 heteroatoms. The Labute approximate surface area is 131 Å². The van der Waals surface area contributed by atoms with E-state index in [0.717, 1.165) is 26.1 Å². The highest BCUT2D eigenvalue weighted by Crippen LogP contribution is 2.28. The van der Waals surface area contributed by atoms with Crippen LogP contribution in [-0.4, -0.2) is 45.8 Å². The van der Waals surface area contributed by atoms with E-state index in [0.29, 0.717) is 6.04 Å². The normalized spacial score (nSPS) is 30.0. The molecule has 0 spiro atoms. The fourth-order valence-electron chi connectivity index (χ4n) is 2.95. The van der Waals surface area contributed by atoms with Crippen molar-refractivity contribution in [3.8, 4) is 0 Å². The third kappa shape index (κ3) is 4.15. The van der Waals surface area contributed by atoms with E-state index in [-0.39, 0.29) is 10.8 Å². The molecule has 0 aromatic heterocycles. The molecule has 1 heterocycles. The summed E-state index contributed by atoms with van der Waals surface area (Å²) in [5.74, 6) is 0. The second-order valence-electron chi connectivity index (χ2n) is 6.46. The molecule has 118 valence electrons. The van der Waals surface area contributed by atoms with Crippen LogP contribution < -0.4 is 5.32 Å². The molecule has 0 amide bonds. The highest BCUT2D eigenvalue weighted by Gasteiger charge is 2.35. The molecule has 1 N–H and O–H groups in total. The van der Waals surface area contributed by atoms with Gasteiger partial charge in [-0.3, -0.25) is 9.11 Å². The summed E-state index contributed by atoms with van der Waals surface area (Å²) in [5, 5.41) is 3.91. The number of rotatable bonds is 5. The average molecular weight is 308 g/mol. The fourth-order valence-corrected chi connectivity index (χ4v) is 3.36. The van der Waals surface area contributed by atoms with E-state index in [1.807, 2.05) is 6.26 Å². The minimum Gasteiger partial charge on any atom is -0.308 e. The number of hydrogen-bond donors (Lipinski definition) is 1. The summed E-state index contributed by atoms with van der Waals surface area (Å²) < 4.78 is 11.8. The first-order chi connectivity index (χ1) is 9.95. The molecule has 1 fully saturated rings. The van der Waals surface area contributed by atoms with E-state index in [4.69, 9.17) is 0 Å². The third-order valence-corrected chi connectivity index (χ3v) is 6.02. The fraction of sp³-hybridized carbons (Fsp3) is 0.647. The van der Waals surface area contributed by atoms with Crippen molar-refractivity contribution >= 4 is 10.8 Å². The first kappa shape index (κ1) is 16.7. The van der Waals surface area contributed by atoms with E-state index < -0.39 is 10.8 Å². The molecule has 1 aromatic carbocycles. The van der Waals surface area contributed by atoms with Gasteiger partial charge in [0.15, 0.2) is 0 Å². The summed E-state index contributed by atoms with van der Waals surface area (Å²) in [7, 11) is -0.772. The van der Waals surface area contributed by atoms with Crippen molar-refractivity contribution in [3.63, 3.8) is 0 Å². The maximum absolute atomic E-state index is 11.8. The van der Waals surface area contributed by atoms with Crippen LogP contribution in [0.4, 0.5) is 0 Å². The van der Waals surface area contributed by atoms with E-state index in [2.05, 4.69) is 61.3 Å². The van der Waals surface area contributed by atoms with Crippen molar-refractivity contribution in [2.45, 2.75) is 44.0 Å². The van der Waals surface area contributed by atoms with E-state index in [1.54, 1.807) is 0 Å². The number of hydrogen-bond acceptors (Lipinski definition) is 3. The quantitative estimate of drug-likeness (QED) is 0.907. The van der Waals surface area contributed by atoms with Crippen LogP contribution in [0.25, 0.3) is 0 Å². The minimum absolute atomic E-state index is 0.153. The maximum Gasteiger partial charge on any atom is 0.0474 e. The lowest BCUT2D eigenvalue weighted by Crippen LogP contribution is -2.60. The van der Waals surface area contributed by atoms with Crippen LogP contribution in [0, 0.1) is 0 Å². The molecule has 1 aromatic rings. The topological polar surface area (TPSA) is 32.3 Å². The molecule has 0 radical (unpaired) electrons. The van der Waals surface area contributed by atoms with Crippen LogP contribution in [0.3, 0.4) is 0 Å². The second-order valence-corrected chi connectivity index (χ2v) is 8.26. The molecular weight excluding hydrogens is 280 g/mol. The van der Waals surface area contributed by atoms with Gasteiger partial charge in [-0.1, -0.05) is 37.3 Å². The van der Waals surface area contributed by atoms with Gasteiger partial charge in [-0.05, 0) is 25.8 Å². The Balaban J connectivity index is 2.20. The predicted octanol–water partition coefficient (Wildman–Crippen LogP) is 2.57. The molecule has 21 heavy (non-hydrogen) atoms. The van der Waals surface area contributed by atoms with Crippen LogP contribution in [0.5, 0.6) is 0 Å². The molecule has 4 atom stereocenters. The summed E-state index contributed by atoms with van der Waals surface area (Å²) in [5.41, 5.74) is 1.50. The van der Waals surface area contributed by atoms with Crippen molar-refractivity contribution in [2.75, 3.05) is 25.9 Å². The molecule has 4 unspecified atom stereocenters. The van der Waals surface area contributed by atoms with Gasteiger partial charge in [-0.15, -0.1) is 0 Å². The number of piperazine rings is 1. The molecule has 1 aliphatic heterocycles. The summed E-state index contributed by atoms with van der Waals surface area (Å²) in [6, 6.07) is 11.0. The van der Waals surface area contributed by atoms with Crippen molar-refractivity contribution in [1.82, 2.24) is 10.2 Å². The average Bonchev–Trinajstić information content (AvgIpc) is 2.48. The zero-order chi connectivity index (χ0) is 15.5. The van der Waals surface area contributed by atoms with E-state index in [1.165, 1.54) is 5.56 Å². The number of nitrogens with zero attached hydrogens (tertiary/aromatic N) is 1. The first-order valence-electron chi connectivity index (χ1n) is 7.81. The molecule has 0 aliphatic carbocycles. The van der Waals surface area contributed by atoms with Crippen LogP contribution in [-0.2, 0) is 10.8 Å². The van der Waals surface area contributed by atoms with Gasteiger partial charge in [0.2, 0.25) is 0 Å². The van der Waals surface area contributed by atoms with Crippen LogP contribution >= 0.6 is 0 Å². The van der Waals surface area contributed by atoms with Gasteiger partial charge >= 0.3 is 0 Å².